The molecule has 61 heavy (non-hydrogen) atoms. The van der Waals surface area contributed by atoms with Crippen LogP contribution in [0.3, 0.4) is 0 Å². The van der Waals surface area contributed by atoms with E-state index in [1.165, 1.54) is 0 Å². The van der Waals surface area contributed by atoms with Crippen molar-refractivity contribution >= 4 is 21.9 Å². The molecule has 11 aromatic rings. The van der Waals surface area contributed by atoms with E-state index in [4.69, 9.17) is 29.3 Å². The van der Waals surface area contributed by atoms with Crippen molar-refractivity contribution in [2.75, 3.05) is 0 Å². The van der Waals surface area contributed by atoms with Crippen LogP contribution in [0, 0.1) is 0 Å². The number of rotatable bonds is 8. The number of para-hydroxylation sites is 1. The first kappa shape index (κ1) is 35.8. The number of nitrogens with zero attached hydrogens (tertiary/aromatic N) is 5. The Balaban J connectivity index is 1.06. The van der Waals surface area contributed by atoms with Crippen LogP contribution >= 0.6 is 0 Å². The molecule has 0 atom stereocenters. The summed E-state index contributed by atoms with van der Waals surface area (Å²) in [5.41, 5.74) is 13.2. The number of fused-ring (bicyclic) bond motifs is 3. The molecule has 0 N–H and O–H groups in total. The molecule has 0 aliphatic carbocycles. The van der Waals surface area contributed by atoms with Gasteiger partial charge in [0.25, 0.3) is 0 Å². The monoisotopic (exact) mass is 781 g/mol. The number of furan rings is 1. The SMILES string of the molecule is c1ccc(-c2cc(-c3ccccc3)nc(-c3cccc(-c4cc(-c5cccc(-c6nc(-c7ccccc7)nc(-c7ccccc7)n6)c5)c5c(c4)oc4ccccc45)c3)n2)cc1. The summed E-state index contributed by atoms with van der Waals surface area (Å²) in [6.07, 6.45) is 0. The van der Waals surface area contributed by atoms with Crippen molar-refractivity contribution in [2.24, 2.45) is 0 Å². The van der Waals surface area contributed by atoms with Crippen molar-refractivity contribution in [3.8, 4) is 90.3 Å². The standard InChI is InChI=1S/C55H35N5O/c1-5-17-36(18-6-1)47-35-48(37-19-7-2-8-20-37)57-54(56-47)42-27-15-25-40(31-42)44-33-46(51-45-29-13-14-30-49(45)61-50(51)34-44)41-26-16-28-43(32-41)55-59-52(38-21-9-3-10-22-38)58-53(60-55)39-23-11-4-12-24-39/h1-35H. The van der Waals surface area contributed by atoms with Crippen LogP contribution in [0.4, 0.5) is 0 Å². The highest BCUT2D eigenvalue weighted by Crippen LogP contribution is 2.41. The maximum atomic E-state index is 6.61. The third-order valence-electron chi connectivity index (χ3n) is 10.9. The first-order chi connectivity index (χ1) is 30.2. The Hall–Kier alpha value is -8.35. The van der Waals surface area contributed by atoms with Crippen LogP contribution in [0.15, 0.2) is 217 Å². The predicted octanol–water partition coefficient (Wildman–Crippen LogP) is 13.9. The van der Waals surface area contributed by atoms with E-state index >= 15 is 0 Å². The van der Waals surface area contributed by atoms with Gasteiger partial charge in [-0.3, -0.25) is 0 Å². The fraction of sp³-hybridized carbons (Fsp3) is 0. The normalized spacial score (nSPS) is 11.3. The van der Waals surface area contributed by atoms with Crippen LogP contribution in [0.1, 0.15) is 0 Å². The fourth-order valence-electron chi connectivity index (χ4n) is 7.94. The molecular weight excluding hydrogens is 747 g/mol. The molecule has 0 unspecified atom stereocenters. The van der Waals surface area contributed by atoms with Crippen LogP contribution in [-0.4, -0.2) is 24.9 Å². The highest BCUT2D eigenvalue weighted by molar-refractivity contribution is 6.14. The second-order valence-corrected chi connectivity index (χ2v) is 14.9. The number of hydrogen-bond acceptors (Lipinski definition) is 6. The van der Waals surface area contributed by atoms with Crippen molar-refractivity contribution < 1.29 is 4.42 Å². The van der Waals surface area contributed by atoms with Gasteiger partial charge in [0.1, 0.15) is 11.2 Å². The molecule has 0 saturated carbocycles. The van der Waals surface area contributed by atoms with Gasteiger partial charge in [0, 0.05) is 44.2 Å². The second-order valence-electron chi connectivity index (χ2n) is 14.9. The van der Waals surface area contributed by atoms with Gasteiger partial charge in [-0.25, -0.2) is 24.9 Å². The summed E-state index contributed by atoms with van der Waals surface area (Å²) in [5, 5.41) is 2.10. The second kappa shape index (κ2) is 15.4. The Kier molecular flexibility index (Phi) is 9.06. The van der Waals surface area contributed by atoms with E-state index in [1.807, 2.05) is 109 Å². The third kappa shape index (κ3) is 7.02. The van der Waals surface area contributed by atoms with E-state index in [1.54, 1.807) is 0 Å². The Morgan fingerprint density at radius 3 is 1.26 bits per heavy atom. The smallest absolute Gasteiger partial charge is 0.164 e. The van der Waals surface area contributed by atoms with Crippen LogP contribution in [-0.2, 0) is 0 Å². The van der Waals surface area contributed by atoms with Gasteiger partial charge in [0.2, 0.25) is 0 Å². The zero-order valence-corrected chi connectivity index (χ0v) is 32.9. The summed E-state index contributed by atoms with van der Waals surface area (Å²) in [6, 6.07) is 72.2. The third-order valence-corrected chi connectivity index (χ3v) is 10.9. The van der Waals surface area contributed by atoms with Crippen LogP contribution < -0.4 is 0 Å². The Morgan fingerprint density at radius 2 is 0.689 bits per heavy atom. The zero-order valence-electron chi connectivity index (χ0n) is 32.9. The van der Waals surface area contributed by atoms with Crippen LogP contribution in [0.5, 0.6) is 0 Å². The van der Waals surface area contributed by atoms with E-state index in [0.717, 1.165) is 89.0 Å². The van der Waals surface area contributed by atoms with Gasteiger partial charge in [-0.05, 0) is 58.7 Å². The summed E-state index contributed by atoms with van der Waals surface area (Å²) in [7, 11) is 0. The number of hydrogen-bond donors (Lipinski definition) is 0. The van der Waals surface area contributed by atoms with Gasteiger partial charge >= 0.3 is 0 Å². The van der Waals surface area contributed by atoms with Gasteiger partial charge in [-0.15, -0.1) is 0 Å². The molecule has 0 aliphatic rings. The zero-order chi connectivity index (χ0) is 40.5. The lowest BCUT2D eigenvalue weighted by Crippen LogP contribution is -2.00. The highest BCUT2D eigenvalue weighted by atomic mass is 16.3. The van der Waals surface area contributed by atoms with Crippen LogP contribution in [0.2, 0.25) is 0 Å². The van der Waals surface area contributed by atoms with Gasteiger partial charge in [0.05, 0.1) is 11.4 Å². The highest BCUT2D eigenvalue weighted by Gasteiger charge is 2.19. The van der Waals surface area contributed by atoms with E-state index in [9.17, 15) is 0 Å². The Bertz CT molecular complexity index is 3230. The lowest BCUT2D eigenvalue weighted by molar-refractivity contribution is 0.669. The molecule has 0 saturated heterocycles. The van der Waals surface area contributed by atoms with Crippen molar-refractivity contribution in [1.29, 1.82) is 0 Å². The molecule has 3 heterocycles. The molecule has 0 spiro atoms. The Labute approximate surface area is 352 Å². The first-order valence-corrected chi connectivity index (χ1v) is 20.2. The number of benzene rings is 8. The largest absolute Gasteiger partial charge is 0.456 e. The van der Waals surface area contributed by atoms with Crippen LogP contribution in [0.25, 0.3) is 112 Å². The topological polar surface area (TPSA) is 77.6 Å². The molecule has 0 radical (unpaired) electrons. The minimum atomic E-state index is 0.597. The van der Waals surface area contributed by atoms with E-state index in [2.05, 4.69) is 103 Å². The molecule has 3 aromatic heterocycles. The molecule has 0 bridgehead atoms. The van der Waals surface area contributed by atoms with Crippen molar-refractivity contribution in [3.63, 3.8) is 0 Å². The Morgan fingerprint density at radius 1 is 0.262 bits per heavy atom. The lowest BCUT2D eigenvalue weighted by Gasteiger charge is -2.12. The van der Waals surface area contributed by atoms with Crippen molar-refractivity contribution in [2.45, 2.75) is 0 Å². The summed E-state index contributed by atoms with van der Waals surface area (Å²) >= 11 is 0. The molecule has 6 heteroatoms. The summed E-state index contributed by atoms with van der Waals surface area (Å²) in [5.74, 6) is 2.49. The molecule has 8 aromatic carbocycles. The molecule has 0 amide bonds. The van der Waals surface area contributed by atoms with Gasteiger partial charge in [-0.2, -0.15) is 0 Å². The average Bonchev–Trinajstić information content (AvgIpc) is 3.73. The number of aromatic nitrogens is 5. The van der Waals surface area contributed by atoms with E-state index < -0.39 is 0 Å². The molecule has 0 fully saturated rings. The fourth-order valence-corrected chi connectivity index (χ4v) is 7.94. The van der Waals surface area contributed by atoms with Crippen molar-refractivity contribution in [1.82, 2.24) is 24.9 Å². The van der Waals surface area contributed by atoms with Gasteiger partial charge < -0.3 is 4.42 Å². The van der Waals surface area contributed by atoms with Crippen molar-refractivity contribution in [3.05, 3.63) is 212 Å². The van der Waals surface area contributed by atoms with E-state index in [0.29, 0.717) is 23.3 Å². The molecule has 6 nitrogen and oxygen atoms in total. The maximum Gasteiger partial charge on any atom is 0.164 e. The predicted molar refractivity (Wildman–Crippen MR) is 246 cm³/mol. The molecule has 286 valence electrons. The molecule has 0 aliphatic heterocycles. The molecule has 11 rings (SSSR count). The summed E-state index contributed by atoms with van der Waals surface area (Å²) in [6.45, 7) is 0. The lowest BCUT2D eigenvalue weighted by atomic mass is 9.93. The minimum Gasteiger partial charge on any atom is -0.456 e. The summed E-state index contributed by atoms with van der Waals surface area (Å²) < 4.78 is 6.61. The quantitative estimate of drug-likeness (QED) is 0.153. The maximum absolute atomic E-state index is 6.61. The summed E-state index contributed by atoms with van der Waals surface area (Å²) in [4.78, 5) is 25.2. The average molecular weight is 782 g/mol. The minimum absolute atomic E-state index is 0.597. The molecular formula is C55H35N5O. The van der Waals surface area contributed by atoms with Gasteiger partial charge in [-0.1, -0.05) is 176 Å². The van der Waals surface area contributed by atoms with E-state index in [-0.39, 0.29) is 0 Å². The van der Waals surface area contributed by atoms with Gasteiger partial charge in [0.15, 0.2) is 23.3 Å². The first-order valence-electron chi connectivity index (χ1n) is 20.2.